The Kier molecular flexibility index (Phi) is 3.05. The molecule has 5 heteroatoms. The average molecular weight is 220 g/mol. The molecule has 0 amide bonds. The second-order valence-corrected chi connectivity index (χ2v) is 3.85. The zero-order valence-electron chi connectivity index (χ0n) is 9.54. The van der Waals surface area contributed by atoms with Gasteiger partial charge >= 0.3 is 0 Å². The van der Waals surface area contributed by atoms with E-state index in [2.05, 4.69) is 10.1 Å². The van der Waals surface area contributed by atoms with Crippen molar-refractivity contribution in [2.45, 2.75) is 26.0 Å². The highest BCUT2D eigenvalue weighted by atomic mass is 16.3. The van der Waals surface area contributed by atoms with Gasteiger partial charge in [0.25, 0.3) is 0 Å². The van der Waals surface area contributed by atoms with Crippen LogP contribution in [-0.2, 0) is 20.0 Å². The molecular weight excluding hydrogens is 204 g/mol. The Morgan fingerprint density at radius 3 is 2.88 bits per heavy atom. The largest absolute Gasteiger partial charge is 0.386 e. The maximum atomic E-state index is 10.1. The van der Waals surface area contributed by atoms with Gasteiger partial charge < -0.3 is 9.67 Å². The fourth-order valence-corrected chi connectivity index (χ4v) is 1.78. The second-order valence-electron chi connectivity index (χ2n) is 3.85. The molecule has 2 aromatic heterocycles. The molecule has 86 valence electrons. The predicted octanol–water partition coefficient (Wildman–Crippen LogP) is 0.913. The molecule has 0 aromatic carbocycles. The van der Waals surface area contributed by atoms with Crippen molar-refractivity contribution in [3.05, 3.63) is 36.2 Å². The fraction of sp³-hybridized carbons (Fsp3) is 0.455. The van der Waals surface area contributed by atoms with Crippen molar-refractivity contribution in [2.24, 2.45) is 7.05 Å². The molecule has 0 spiro atoms. The van der Waals surface area contributed by atoms with Gasteiger partial charge in [0.05, 0.1) is 30.5 Å². The van der Waals surface area contributed by atoms with Crippen LogP contribution in [0.25, 0.3) is 0 Å². The zero-order chi connectivity index (χ0) is 11.5. The van der Waals surface area contributed by atoms with Gasteiger partial charge in [-0.1, -0.05) is 0 Å². The average Bonchev–Trinajstić information content (AvgIpc) is 2.86. The van der Waals surface area contributed by atoms with Crippen LogP contribution in [-0.4, -0.2) is 24.4 Å². The Bertz CT molecular complexity index is 460. The fourth-order valence-electron chi connectivity index (χ4n) is 1.78. The minimum atomic E-state index is -0.522. The van der Waals surface area contributed by atoms with Crippen LogP contribution in [0, 0.1) is 0 Å². The molecule has 2 heterocycles. The summed E-state index contributed by atoms with van der Waals surface area (Å²) < 4.78 is 3.68. The molecule has 1 unspecified atom stereocenters. The van der Waals surface area contributed by atoms with E-state index in [-0.39, 0.29) is 0 Å². The Morgan fingerprint density at radius 2 is 2.25 bits per heavy atom. The number of rotatable bonds is 4. The lowest BCUT2D eigenvalue weighted by molar-refractivity contribution is 0.169. The van der Waals surface area contributed by atoms with Gasteiger partial charge in [-0.2, -0.15) is 5.10 Å². The predicted molar refractivity (Wildman–Crippen MR) is 59.8 cm³/mol. The van der Waals surface area contributed by atoms with Gasteiger partial charge in [0, 0.05) is 26.2 Å². The molecule has 0 saturated carbocycles. The summed E-state index contributed by atoms with van der Waals surface area (Å²) >= 11 is 0. The van der Waals surface area contributed by atoms with Gasteiger partial charge in [0.15, 0.2) is 0 Å². The summed E-state index contributed by atoms with van der Waals surface area (Å²) in [6.45, 7) is 2.85. The second kappa shape index (κ2) is 4.49. The van der Waals surface area contributed by atoms with E-state index in [1.54, 1.807) is 23.4 Å². The molecule has 0 aliphatic carbocycles. The minimum absolute atomic E-state index is 0.522. The van der Waals surface area contributed by atoms with Crippen molar-refractivity contribution in [1.29, 1.82) is 0 Å². The van der Waals surface area contributed by atoms with Gasteiger partial charge in [0.2, 0.25) is 0 Å². The number of hydrogen-bond donors (Lipinski definition) is 1. The van der Waals surface area contributed by atoms with Gasteiger partial charge in [-0.15, -0.1) is 0 Å². The molecule has 0 fully saturated rings. The smallest absolute Gasteiger partial charge is 0.0997 e. The van der Waals surface area contributed by atoms with E-state index < -0.39 is 6.10 Å². The van der Waals surface area contributed by atoms with Crippen LogP contribution in [0.15, 0.2) is 24.9 Å². The number of aromatic nitrogens is 4. The topological polar surface area (TPSA) is 55.9 Å². The third-order valence-electron chi connectivity index (χ3n) is 2.61. The summed E-state index contributed by atoms with van der Waals surface area (Å²) in [5.74, 6) is 0. The highest BCUT2D eigenvalue weighted by molar-refractivity contribution is 5.11. The summed E-state index contributed by atoms with van der Waals surface area (Å²) in [6.07, 6.45) is 7.18. The first-order valence-corrected chi connectivity index (χ1v) is 5.36. The van der Waals surface area contributed by atoms with E-state index >= 15 is 0 Å². The summed E-state index contributed by atoms with van der Waals surface area (Å²) in [7, 11) is 1.87. The summed E-state index contributed by atoms with van der Waals surface area (Å²) in [4.78, 5) is 4.04. The van der Waals surface area contributed by atoms with Crippen molar-refractivity contribution in [3.63, 3.8) is 0 Å². The molecule has 2 aromatic rings. The van der Waals surface area contributed by atoms with E-state index in [0.29, 0.717) is 6.42 Å². The minimum Gasteiger partial charge on any atom is -0.386 e. The van der Waals surface area contributed by atoms with Crippen LogP contribution in [0.5, 0.6) is 0 Å². The molecule has 2 rings (SSSR count). The molecule has 1 N–H and O–H groups in total. The van der Waals surface area contributed by atoms with Crippen LogP contribution in [0.1, 0.15) is 24.3 Å². The molecule has 0 saturated heterocycles. The normalized spacial score (nSPS) is 12.9. The number of nitrogens with zero attached hydrogens (tertiary/aromatic N) is 4. The summed E-state index contributed by atoms with van der Waals surface area (Å²) in [6, 6.07) is 0. The number of aryl methyl sites for hydroxylation is 2. The van der Waals surface area contributed by atoms with Crippen molar-refractivity contribution in [1.82, 2.24) is 19.3 Å². The molecule has 0 aliphatic rings. The highest BCUT2D eigenvalue weighted by Crippen LogP contribution is 2.17. The lowest BCUT2D eigenvalue weighted by Crippen LogP contribution is -2.08. The third kappa shape index (κ3) is 2.14. The molecule has 16 heavy (non-hydrogen) atoms. The Hall–Kier alpha value is -1.62. The van der Waals surface area contributed by atoms with E-state index in [0.717, 1.165) is 17.8 Å². The number of aliphatic hydroxyl groups excluding tert-OH is 1. The number of imidazole rings is 1. The Labute approximate surface area is 94.4 Å². The first kappa shape index (κ1) is 10.9. The van der Waals surface area contributed by atoms with Crippen molar-refractivity contribution in [2.75, 3.05) is 0 Å². The van der Waals surface area contributed by atoms with Crippen LogP contribution >= 0.6 is 0 Å². The molecule has 0 radical (unpaired) electrons. The van der Waals surface area contributed by atoms with Crippen LogP contribution in [0.3, 0.4) is 0 Å². The first-order chi connectivity index (χ1) is 7.70. The number of hydrogen-bond acceptors (Lipinski definition) is 3. The van der Waals surface area contributed by atoms with Crippen LogP contribution in [0.4, 0.5) is 0 Å². The molecular formula is C11H16N4O. The van der Waals surface area contributed by atoms with Crippen molar-refractivity contribution < 1.29 is 5.11 Å². The molecule has 0 aliphatic heterocycles. The third-order valence-corrected chi connectivity index (χ3v) is 2.61. The van der Waals surface area contributed by atoms with Crippen LogP contribution in [0.2, 0.25) is 0 Å². The van der Waals surface area contributed by atoms with E-state index in [9.17, 15) is 5.11 Å². The van der Waals surface area contributed by atoms with Crippen molar-refractivity contribution >= 4 is 0 Å². The summed E-state index contributed by atoms with van der Waals surface area (Å²) in [5, 5.41) is 14.2. The highest BCUT2D eigenvalue weighted by Gasteiger charge is 2.13. The standard InChI is InChI=1S/C11H16N4O/c1-3-15-8-12-6-10(15)11(16)4-9-5-13-14(2)7-9/h5-8,11,16H,3-4H2,1-2H3. The molecule has 1 atom stereocenters. The van der Waals surface area contributed by atoms with Gasteiger partial charge in [0.1, 0.15) is 0 Å². The summed E-state index contributed by atoms with van der Waals surface area (Å²) in [5.41, 5.74) is 1.88. The quantitative estimate of drug-likeness (QED) is 0.833. The lowest BCUT2D eigenvalue weighted by Gasteiger charge is -2.11. The Balaban J connectivity index is 2.11. The van der Waals surface area contributed by atoms with Gasteiger partial charge in [-0.25, -0.2) is 4.98 Å². The zero-order valence-corrected chi connectivity index (χ0v) is 9.54. The Morgan fingerprint density at radius 1 is 1.44 bits per heavy atom. The maximum Gasteiger partial charge on any atom is 0.0997 e. The van der Waals surface area contributed by atoms with Crippen LogP contribution < -0.4 is 0 Å². The number of aliphatic hydroxyl groups is 1. The molecule has 0 bridgehead atoms. The van der Waals surface area contributed by atoms with Crippen molar-refractivity contribution in [3.8, 4) is 0 Å². The van der Waals surface area contributed by atoms with E-state index in [1.807, 2.05) is 24.7 Å². The van der Waals surface area contributed by atoms with Gasteiger partial charge in [-0.05, 0) is 12.5 Å². The van der Waals surface area contributed by atoms with E-state index in [1.165, 1.54) is 0 Å². The SMILES string of the molecule is CCn1cncc1C(O)Cc1cnn(C)c1. The monoisotopic (exact) mass is 220 g/mol. The first-order valence-electron chi connectivity index (χ1n) is 5.36. The van der Waals surface area contributed by atoms with E-state index in [4.69, 9.17) is 0 Å². The molecule has 5 nitrogen and oxygen atoms in total. The lowest BCUT2D eigenvalue weighted by atomic mass is 10.1. The van der Waals surface area contributed by atoms with Gasteiger partial charge in [-0.3, -0.25) is 4.68 Å². The maximum absolute atomic E-state index is 10.1.